The van der Waals surface area contributed by atoms with Crippen LogP contribution >= 0.6 is 0 Å². The Bertz CT molecular complexity index is 926. The number of ether oxygens (including phenoxy) is 2. The maximum Gasteiger partial charge on any atom is 0.319 e. The fraction of sp³-hybridized carbons (Fsp3) is 0.238. The van der Waals surface area contributed by atoms with Gasteiger partial charge in [0, 0.05) is 12.7 Å². The Labute approximate surface area is 163 Å². The minimum atomic E-state index is -0.248. The van der Waals surface area contributed by atoms with E-state index in [-0.39, 0.29) is 12.1 Å². The van der Waals surface area contributed by atoms with Crippen molar-refractivity contribution in [3.8, 4) is 11.5 Å². The van der Waals surface area contributed by atoms with Crippen LogP contribution in [0.25, 0.3) is 0 Å². The average Bonchev–Trinajstić information content (AvgIpc) is 3.15. The van der Waals surface area contributed by atoms with Gasteiger partial charge in [-0.1, -0.05) is 42.5 Å². The summed E-state index contributed by atoms with van der Waals surface area (Å²) in [6.45, 7) is 1.56. The van der Waals surface area contributed by atoms with Gasteiger partial charge in [0.1, 0.15) is 6.61 Å². The molecule has 3 aromatic rings. The minimum Gasteiger partial charge on any atom is -0.486 e. The average molecular weight is 378 g/mol. The molecule has 0 saturated carbocycles. The van der Waals surface area contributed by atoms with Crippen LogP contribution in [0, 0.1) is 0 Å². The molecular formula is C21H22N4O3. The number of para-hydroxylation sites is 2. The highest BCUT2D eigenvalue weighted by Crippen LogP contribution is 2.31. The number of hydrogen-bond donors (Lipinski definition) is 2. The van der Waals surface area contributed by atoms with Crippen LogP contribution < -0.4 is 20.1 Å². The molecule has 0 spiro atoms. The highest BCUT2D eigenvalue weighted by molar-refractivity contribution is 5.88. The van der Waals surface area contributed by atoms with Crippen LogP contribution in [0.5, 0.6) is 11.5 Å². The third-order valence-electron chi connectivity index (χ3n) is 4.39. The quantitative estimate of drug-likeness (QED) is 0.691. The number of nitrogens with one attached hydrogen (secondary N) is 2. The maximum absolute atomic E-state index is 12.0. The van der Waals surface area contributed by atoms with E-state index in [1.165, 1.54) is 5.56 Å². The maximum atomic E-state index is 12.0. The van der Waals surface area contributed by atoms with Crippen LogP contribution in [0.3, 0.4) is 0 Å². The second-order valence-corrected chi connectivity index (χ2v) is 6.57. The third-order valence-corrected chi connectivity index (χ3v) is 4.39. The highest BCUT2D eigenvalue weighted by Gasteiger charge is 2.21. The lowest BCUT2D eigenvalue weighted by Crippen LogP contribution is -2.33. The van der Waals surface area contributed by atoms with Crippen LogP contribution in [0.4, 0.5) is 10.5 Å². The van der Waals surface area contributed by atoms with E-state index >= 15 is 0 Å². The summed E-state index contributed by atoms with van der Waals surface area (Å²) >= 11 is 0. The first kappa shape index (κ1) is 17.9. The summed E-state index contributed by atoms with van der Waals surface area (Å²) in [7, 11) is 0. The molecule has 2 amide bonds. The number of fused-ring (bicyclic) bond motifs is 1. The molecule has 0 saturated heterocycles. The van der Waals surface area contributed by atoms with Crippen molar-refractivity contribution in [2.24, 2.45) is 0 Å². The van der Waals surface area contributed by atoms with E-state index in [0.29, 0.717) is 25.4 Å². The number of hydrogen-bond acceptors (Lipinski definition) is 4. The molecule has 7 heteroatoms. The lowest BCUT2D eigenvalue weighted by molar-refractivity contribution is 0.0759. The molecule has 1 atom stereocenters. The zero-order valence-electron chi connectivity index (χ0n) is 15.4. The summed E-state index contributed by atoms with van der Waals surface area (Å²) in [5.41, 5.74) is 1.82. The number of carbonyl (C=O) groups is 1. The molecule has 1 aromatic heterocycles. The van der Waals surface area contributed by atoms with Crippen LogP contribution in [0.2, 0.25) is 0 Å². The first-order chi connectivity index (χ1) is 13.8. The number of carbonyl (C=O) groups excluding carboxylic acids is 1. The number of rotatable bonds is 6. The van der Waals surface area contributed by atoms with Crippen molar-refractivity contribution in [2.75, 3.05) is 18.5 Å². The van der Waals surface area contributed by atoms with Crippen molar-refractivity contribution in [3.63, 3.8) is 0 Å². The number of aromatic nitrogens is 2. The SMILES string of the molecule is O=C(NCCc1ccccc1)Nc1cnn(CC2COc3ccccc3O2)c1. The van der Waals surface area contributed by atoms with E-state index in [0.717, 1.165) is 17.9 Å². The molecule has 2 N–H and O–H groups in total. The van der Waals surface area contributed by atoms with Gasteiger partial charge >= 0.3 is 6.03 Å². The molecular weight excluding hydrogens is 356 g/mol. The molecule has 7 nitrogen and oxygen atoms in total. The number of nitrogens with zero attached hydrogens (tertiary/aromatic N) is 2. The number of anilines is 1. The largest absolute Gasteiger partial charge is 0.486 e. The number of urea groups is 1. The second-order valence-electron chi connectivity index (χ2n) is 6.57. The smallest absolute Gasteiger partial charge is 0.319 e. The zero-order valence-corrected chi connectivity index (χ0v) is 15.4. The fourth-order valence-corrected chi connectivity index (χ4v) is 3.03. The Morgan fingerprint density at radius 2 is 1.89 bits per heavy atom. The molecule has 0 aliphatic carbocycles. The summed E-state index contributed by atoms with van der Waals surface area (Å²) in [5.74, 6) is 1.50. The Kier molecular flexibility index (Phi) is 5.42. The van der Waals surface area contributed by atoms with Gasteiger partial charge < -0.3 is 20.1 Å². The van der Waals surface area contributed by atoms with Gasteiger partial charge in [0.25, 0.3) is 0 Å². The summed E-state index contributed by atoms with van der Waals surface area (Å²) in [5, 5.41) is 9.93. The normalized spacial score (nSPS) is 15.1. The molecule has 144 valence electrons. The van der Waals surface area contributed by atoms with Crippen molar-refractivity contribution < 1.29 is 14.3 Å². The van der Waals surface area contributed by atoms with Gasteiger partial charge in [-0.05, 0) is 24.1 Å². The summed E-state index contributed by atoms with van der Waals surface area (Å²) < 4.78 is 13.4. The van der Waals surface area contributed by atoms with Crippen LogP contribution in [0.15, 0.2) is 67.0 Å². The number of amides is 2. The van der Waals surface area contributed by atoms with Gasteiger partial charge in [0.05, 0.1) is 18.4 Å². The monoisotopic (exact) mass is 378 g/mol. The Hall–Kier alpha value is -3.48. The first-order valence-electron chi connectivity index (χ1n) is 9.26. The van der Waals surface area contributed by atoms with Crippen LogP contribution in [0.1, 0.15) is 5.56 Å². The standard InChI is InChI=1S/C21H22N4O3/c26-21(22-11-10-16-6-2-1-3-7-16)24-17-12-23-25(13-17)14-18-15-27-19-8-4-5-9-20(19)28-18/h1-9,12-13,18H,10-11,14-15H2,(H2,22,24,26). The molecule has 2 heterocycles. The van der Waals surface area contributed by atoms with Crippen molar-refractivity contribution in [3.05, 3.63) is 72.6 Å². The molecule has 2 aromatic carbocycles. The predicted molar refractivity (Wildman–Crippen MR) is 106 cm³/mol. The van der Waals surface area contributed by atoms with Crippen molar-refractivity contribution in [1.82, 2.24) is 15.1 Å². The molecule has 1 aliphatic rings. The Morgan fingerprint density at radius 3 is 2.75 bits per heavy atom. The summed E-state index contributed by atoms with van der Waals surface area (Å²) in [6, 6.07) is 17.4. The zero-order chi connectivity index (χ0) is 19.2. The molecule has 0 radical (unpaired) electrons. The van der Waals surface area contributed by atoms with Gasteiger partial charge in [-0.3, -0.25) is 4.68 Å². The third kappa shape index (κ3) is 4.62. The van der Waals surface area contributed by atoms with E-state index in [1.54, 1.807) is 17.1 Å². The number of benzene rings is 2. The molecule has 1 unspecified atom stereocenters. The molecule has 1 aliphatic heterocycles. The lowest BCUT2D eigenvalue weighted by atomic mass is 10.1. The highest BCUT2D eigenvalue weighted by atomic mass is 16.6. The summed E-state index contributed by atoms with van der Waals surface area (Å²) in [4.78, 5) is 12.0. The fourth-order valence-electron chi connectivity index (χ4n) is 3.03. The van der Waals surface area contributed by atoms with Gasteiger partial charge in [-0.25, -0.2) is 4.79 Å². The van der Waals surface area contributed by atoms with Crippen LogP contribution in [-0.2, 0) is 13.0 Å². The van der Waals surface area contributed by atoms with E-state index in [1.807, 2.05) is 54.6 Å². The Balaban J connectivity index is 1.23. The molecule has 4 rings (SSSR count). The lowest BCUT2D eigenvalue weighted by Gasteiger charge is -2.26. The van der Waals surface area contributed by atoms with Crippen LogP contribution in [-0.4, -0.2) is 35.1 Å². The van der Waals surface area contributed by atoms with Gasteiger partial charge in [-0.15, -0.1) is 0 Å². The second kappa shape index (κ2) is 8.47. The first-order valence-corrected chi connectivity index (χ1v) is 9.26. The topological polar surface area (TPSA) is 77.4 Å². The van der Waals surface area contributed by atoms with E-state index in [2.05, 4.69) is 15.7 Å². The van der Waals surface area contributed by atoms with Crippen molar-refractivity contribution >= 4 is 11.7 Å². The minimum absolute atomic E-state index is 0.137. The van der Waals surface area contributed by atoms with Gasteiger partial charge in [0.15, 0.2) is 17.6 Å². The van der Waals surface area contributed by atoms with Gasteiger partial charge in [-0.2, -0.15) is 5.10 Å². The van der Waals surface area contributed by atoms with Crippen molar-refractivity contribution in [2.45, 2.75) is 19.1 Å². The van der Waals surface area contributed by atoms with E-state index in [4.69, 9.17) is 9.47 Å². The van der Waals surface area contributed by atoms with Crippen molar-refractivity contribution in [1.29, 1.82) is 0 Å². The molecule has 0 bridgehead atoms. The summed E-state index contributed by atoms with van der Waals surface area (Å²) in [6.07, 6.45) is 4.05. The Morgan fingerprint density at radius 1 is 1.11 bits per heavy atom. The molecule has 0 fully saturated rings. The van der Waals surface area contributed by atoms with Gasteiger partial charge in [0.2, 0.25) is 0 Å². The molecule has 28 heavy (non-hydrogen) atoms. The van der Waals surface area contributed by atoms with E-state index in [9.17, 15) is 4.79 Å². The predicted octanol–water partition coefficient (Wildman–Crippen LogP) is 3.09. The van der Waals surface area contributed by atoms with E-state index < -0.39 is 0 Å².